The van der Waals surface area contributed by atoms with Crippen LogP contribution in [0.1, 0.15) is 0 Å². The third kappa shape index (κ3) is 4.07. The van der Waals surface area contributed by atoms with Crippen LogP contribution in [0.25, 0.3) is 22.3 Å². The quantitative estimate of drug-likeness (QED) is 0.261. The maximum absolute atomic E-state index is 11.0. The van der Waals surface area contributed by atoms with Gasteiger partial charge in [-0.15, -0.1) is 0 Å². The van der Waals surface area contributed by atoms with Crippen LogP contribution in [-0.2, 0) is 4.74 Å². The van der Waals surface area contributed by atoms with E-state index < -0.39 is 4.92 Å². The molecule has 0 N–H and O–H groups in total. The molecule has 0 spiro atoms. The maximum atomic E-state index is 11.0. The van der Waals surface area contributed by atoms with Crippen molar-refractivity contribution in [3.8, 4) is 22.9 Å². The van der Waals surface area contributed by atoms with Gasteiger partial charge in [0.1, 0.15) is 11.8 Å². The topological polar surface area (TPSA) is 96.6 Å². The molecule has 0 aliphatic rings. The molecule has 0 saturated carbocycles. The first-order chi connectivity index (χ1) is 13.0. The Bertz CT molecular complexity index is 996. The number of hydrogen-bond donors (Lipinski definition) is 0. The predicted molar refractivity (Wildman–Crippen MR) is 101 cm³/mol. The molecule has 3 aromatic rings. The van der Waals surface area contributed by atoms with Gasteiger partial charge in [-0.2, -0.15) is 0 Å². The van der Waals surface area contributed by atoms with Crippen LogP contribution in [0.15, 0.2) is 36.4 Å². The van der Waals surface area contributed by atoms with E-state index in [9.17, 15) is 10.1 Å². The fourth-order valence-electron chi connectivity index (χ4n) is 2.49. The van der Waals surface area contributed by atoms with Crippen LogP contribution in [0.2, 0.25) is 5.15 Å². The van der Waals surface area contributed by atoms with Gasteiger partial charge >= 0.3 is 0 Å². The number of nitrogens with zero attached hydrogens (tertiary/aromatic N) is 3. The zero-order valence-corrected chi connectivity index (χ0v) is 15.4. The Hall–Kier alpha value is -2.97. The van der Waals surface area contributed by atoms with Gasteiger partial charge in [0.05, 0.1) is 24.2 Å². The van der Waals surface area contributed by atoms with E-state index in [1.165, 1.54) is 19.2 Å². The number of rotatable bonds is 7. The molecule has 0 unspecified atom stereocenters. The Labute approximate surface area is 159 Å². The highest BCUT2D eigenvalue weighted by Crippen LogP contribution is 2.35. The summed E-state index contributed by atoms with van der Waals surface area (Å²) >= 11 is 6.34. The fourth-order valence-corrected chi connectivity index (χ4v) is 2.73. The third-order valence-corrected chi connectivity index (χ3v) is 4.08. The van der Waals surface area contributed by atoms with Gasteiger partial charge in [0, 0.05) is 36.3 Å². The molecule has 0 amide bonds. The SMILES string of the molecule is COCCOc1cc2c(Cl)nc(-c3cccc([N+](=O)[O-])c3)nc2cc1OC. The first-order valence-corrected chi connectivity index (χ1v) is 8.33. The molecule has 8 nitrogen and oxygen atoms in total. The van der Waals surface area contributed by atoms with Crippen molar-refractivity contribution >= 4 is 28.2 Å². The highest BCUT2D eigenvalue weighted by atomic mass is 35.5. The van der Waals surface area contributed by atoms with Crippen molar-refractivity contribution in [2.24, 2.45) is 0 Å². The van der Waals surface area contributed by atoms with Crippen LogP contribution in [0.3, 0.4) is 0 Å². The van der Waals surface area contributed by atoms with Crippen molar-refractivity contribution in [3.05, 3.63) is 51.7 Å². The lowest BCUT2D eigenvalue weighted by Gasteiger charge is -2.12. The summed E-state index contributed by atoms with van der Waals surface area (Å²) in [6.07, 6.45) is 0. The number of nitro groups is 1. The van der Waals surface area contributed by atoms with Crippen molar-refractivity contribution in [2.45, 2.75) is 0 Å². The Balaban J connectivity index is 2.07. The molecule has 1 heterocycles. The summed E-state index contributed by atoms with van der Waals surface area (Å²) in [4.78, 5) is 19.3. The zero-order chi connectivity index (χ0) is 19.4. The number of ether oxygens (including phenoxy) is 3. The number of fused-ring (bicyclic) bond motifs is 1. The minimum atomic E-state index is -0.473. The van der Waals surface area contributed by atoms with Crippen LogP contribution in [-0.4, -0.2) is 42.3 Å². The second-order valence-corrected chi connectivity index (χ2v) is 5.86. The molecule has 27 heavy (non-hydrogen) atoms. The van der Waals surface area contributed by atoms with Gasteiger partial charge in [0.2, 0.25) is 0 Å². The molecule has 0 bridgehead atoms. The molecule has 0 atom stereocenters. The predicted octanol–water partition coefficient (Wildman–Crippen LogP) is 3.89. The molecule has 0 fully saturated rings. The van der Waals surface area contributed by atoms with E-state index >= 15 is 0 Å². The first-order valence-electron chi connectivity index (χ1n) is 7.95. The monoisotopic (exact) mass is 389 g/mol. The maximum Gasteiger partial charge on any atom is 0.270 e. The summed E-state index contributed by atoms with van der Waals surface area (Å²) in [5, 5.41) is 11.8. The van der Waals surface area contributed by atoms with Gasteiger partial charge in [-0.1, -0.05) is 23.7 Å². The van der Waals surface area contributed by atoms with E-state index in [1.807, 2.05) is 0 Å². The lowest BCUT2D eigenvalue weighted by molar-refractivity contribution is -0.384. The molecule has 2 aromatic carbocycles. The molecule has 0 radical (unpaired) electrons. The van der Waals surface area contributed by atoms with E-state index in [4.69, 9.17) is 25.8 Å². The van der Waals surface area contributed by atoms with E-state index in [-0.39, 0.29) is 16.7 Å². The van der Waals surface area contributed by atoms with Gasteiger partial charge in [-0.25, -0.2) is 9.97 Å². The lowest BCUT2D eigenvalue weighted by Crippen LogP contribution is -2.05. The summed E-state index contributed by atoms with van der Waals surface area (Å²) < 4.78 is 16.0. The second kappa shape index (κ2) is 8.15. The minimum absolute atomic E-state index is 0.0493. The molecular formula is C18H16ClN3O5. The smallest absolute Gasteiger partial charge is 0.270 e. The van der Waals surface area contributed by atoms with Crippen molar-refractivity contribution < 1.29 is 19.1 Å². The molecule has 0 saturated heterocycles. The summed E-state index contributed by atoms with van der Waals surface area (Å²) in [5.74, 6) is 1.26. The zero-order valence-electron chi connectivity index (χ0n) is 14.6. The minimum Gasteiger partial charge on any atom is -0.493 e. The molecule has 3 rings (SSSR count). The van der Waals surface area contributed by atoms with Crippen molar-refractivity contribution in [1.29, 1.82) is 0 Å². The molecule has 0 aliphatic carbocycles. The van der Waals surface area contributed by atoms with Gasteiger partial charge in [0.15, 0.2) is 17.3 Å². The highest BCUT2D eigenvalue weighted by molar-refractivity contribution is 6.34. The van der Waals surface area contributed by atoms with Gasteiger partial charge in [-0.3, -0.25) is 10.1 Å². The number of nitro benzene ring substituents is 1. The average Bonchev–Trinajstić information content (AvgIpc) is 2.68. The third-order valence-electron chi connectivity index (χ3n) is 3.79. The van der Waals surface area contributed by atoms with Crippen LogP contribution in [0.5, 0.6) is 11.5 Å². The van der Waals surface area contributed by atoms with Crippen LogP contribution in [0, 0.1) is 10.1 Å². The van der Waals surface area contributed by atoms with Gasteiger partial charge in [0.25, 0.3) is 5.69 Å². The molecule has 9 heteroatoms. The lowest BCUT2D eigenvalue weighted by atomic mass is 10.1. The molecular weight excluding hydrogens is 374 g/mol. The van der Waals surface area contributed by atoms with Crippen LogP contribution < -0.4 is 9.47 Å². The summed E-state index contributed by atoms with van der Waals surface area (Å²) in [5.41, 5.74) is 0.978. The van der Waals surface area contributed by atoms with E-state index in [2.05, 4.69) is 9.97 Å². The van der Waals surface area contributed by atoms with Gasteiger partial charge < -0.3 is 14.2 Å². The Morgan fingerprint density at radius 1 is 1.11 bits per heavy atom. The highest BCUT2D eigenvalue weighted by Gasteiger charge is 2.15. The van der Waals surface area contributed by atoms with Crippen molar-refractivity contribution in [3.63, 3.8) is 0 Å². The second-order valence-electron chi connectivity index (χ2n) is 5.51. The summed E-state index contributed by atoms with van der Waals surface area (Å²) in [7, 11) is 3.11. The summed E-state index contributed by atoms with van der Waals surface area (Å²) in [6.45, 7) is 0.778. The van der Waals surface area contributed by atoms with Gasteiger partial charge in [-0.05, 0) is 6.07 Å². The van der Waals surface area contributed by atoms with Crippen LogP contribution in [0.4, 0.5) is 5.69 Å². The molecule has 140 valence electrons. The normalized spacial score (nSPS) is 10.8. The van der Waals surface area contributed by atoms with E-state index in [1.54, 1.807) is 31.4 Å². The standard InChI is InChI=1S/C18H16ClN3O5/c1-25-6-7-27-16-9-13-14(10-15(16)26-2)20-18(21-17(13)19)11-4-3-5-12(8-11)22(23)24/h3-5,8-10H,6-7H2,1-2H3. The number of aromatic nitrogens is 2. The Kier molecular flexibility index (Phi) is 5.68. The molecule has 0 aliphatic heterocycles. The van der Waals surface area contributed by atoms with Crippen molar-refractivity contribution in [2.75, 3.05) is 27.4 Å². The average molecular weight is 390 g/mol. The largest absolute Gasteiger partial charge is 0.493 e. The Morgan fingerprint density at radius 2 is 1.93 bits per heavy atom. The van der Waals surface area contributed by atoms with E-state index in [0.717, 1.165) is 0 Å². The number of benzene rings is 2. The first kappa shape index (κ1) is 18.8. The van der Waals surface area contributed by atoms with Crippen molar-refractivity contribution in [1.82, 2.24) is 9.97 Å². The summed E-state index contributed by atoms with van der Waals surface area (Å²) in [6, 6.07) is 9.44. The van der Waals surface area contributed by atoms with E-state index in [0.29, 0.717) is 41.2 Å². The molecule has 1 aromatic heterocycles. The number of methoxy groups -OCH3 is 2. The fraction of sp³-hybridized carbons (Fsp3) is 0.222. The van der Waals surface area contributed by atoms with Crippen LogP contribution >= 0.6 is 11.6 Å². The number of halogens is 1. The number of non-ortho nitro benzene ring substituents is 1. The Morgan fingerprint density at radius 3 is 2.63 bits per heavy atom. The number of hydrogen-bond acceptors (Lipinski definition) is 7.